The quantitative estimate of drug-likeness (QED) is 0.186. The van der Waals surface area contributed by atoms with E-state index in [4.69, 9.17) is 0 Å². The Bertz CT molecular complexity index is 1100. The minimum atomic E-state index is -1.39. The van der Waals surface area contributed by atoms with E-state index < -0.39 is 48.4 Å². The Morgan fingerprint density at radius 3 is 0.776 bits per heavy atom. The number of hydrogen-bond acceptors (Lipinski definition) is 0. The van der Waals surface area contributed by atoms with Crippen molar-refractivity contribution in [1.29, 1.82) is 0 Å². The van der Waals surface area contributed by atoms with Crippen molar-refractivity contribution in [2.45, 2.75) is 193 Å². The molecule has 7 heteroatoms. The first-order valence-corrected chi connectivity index (χ1v) is 40.7. The molecule has 0 amide bonds. The van der Waals surface area contributed by atoms with E-state index in [1.165, 1.54) is 16.7 Å². The standard InChI is InChI=1S/C27H59Si6.C15H23.Pb.2H2/c1-28(2,3)25(29(4,5)6)22-19-23(26(30(7,8)9)31(10,11)12)21-24(20-22)27(32(13,14)15)33(16,17)18;1-10(2)13-7-14(11(3)4)9-15(8-13)12(5)6;;;/h19-20,25-27H,1-18H3;7-8,10-12H,1-6H3;;2*1H. The summed E-state index contributed by atoms with van der Waals surface area (Å²) in [6.45, 7) is 60.5. The summed E-state index contributed by atoms with van der Waals surface area (Å²) in [5, 5.41) is 2.32. The molecule has 0 unspecified atom stereocenters. The normalized spacial score (nSPS) is 13.8. The van der Waals surface area contributed by atoms with Gasteiger partial charge < -0.3 is 0 Å². The van der Waals surface area contributed by atoms with Gasteiger partial charge in [-0.2, -0.15) is 0 Å². The molecule has 0 spiro atoms. The summed E-state index contributed by atoms with van der Waals surface area (Å²) in [6.07, 6.45) is 0. The van der Waals surface area contributed by atoms with E-state index in [9.17, 15) is 0 Å². The fourth-order valence-corrected chi connectivity index (χ4v) is 47.3. The Kier molecular flexibility index (Phi) is 18.1. The van der Waals surface area contributed by atoms with Crippen LogP contribution in [0.25, 0.3) is 0 Å². The van der Waals surface area contributed by atoms with Crippen LogP contribution in [0, 0.1) is 12.1 Å². The minimum absolute atomic E-state index is 0. The summed E-state index contributed by atoms with van der Waals surface area (Å²) < 4.78 is 0. The van der Waals surface area contributed by atoms with Crippen molar-refractivity contribution in [3.63, 3.8) is 0 Å². The summed E-state index contributed by atoms with van der Waals surface area (Å²) in [5.74, 6) is 1.75. The monoisotopic (exact) mass is 967 g/mol. The van der Waals surface area contributed by atoms with Crippen molar-refractivity contribution < 1.29 is 2.85 Å². The summed E-state index contributed by atoms with van der Waals surface area (Å²) >= 11 is 0. The SMILES string of the molecule is CC(C)c1[c]c(C(C)C)cc(C(C)C)c1.C[Si](C)(C)C(c1[c]c(C([Si](C)(C)C)[Si](C)(C)C)cc(C([Si](C)(C)C)[Si](C)(C)C)c1)[Si](C)(C)C.[HH].[HH].[Pb]. The third-order valence-corrected chi connectivity index (χ3v) is 37.8. The first-order valence-electron chi connectivity index (χ1n) is 19.2. The van der Waals surface area contributed by atoms with Gasteiger partial charge in [-0.1, -0.05) is 184 Å². The first-order chi connectivity index (χ1) is 21.1. The molecule has 6 radical (unpaired) electrons. The summed E-state index contributed by atoms with van der Waals surface area (Å²) in [7, 11) is -8.28. The smallest absolute Gasteiger partial charge is 0.0493 e. The van der Waals surface area contributed by atoms with Crippen molar-refractivity contribution >= 4 is 75.7 Å². The molecule has 0 fully saturated rings. The predicted octanol–water partition coefficient (Wildman–Crippen LogP) is 15.0. The van der Waals surface area contributed by atoms with Crippen LogP contribution in [0.15, 0.2) is 24.3 Å². The minimum Gasteiger partial charge on any atom is -0.0693 e. The number of rotatable bonds is 12. The molecule has 2 aromatic carbocycles. The van der Waals surface area contributed by atoms with Gasteiger partial charge in [0.25, 0.3) is 0 Å². The maximum Gasteiger partial charge on any atom is 0.0493 e. The van der Waals surface area contributed by atoms with E-state index >= 15 is 0 Å². The maximum absolute atomic E-state index is 4.24. The summed E-state index contributed by atoms with van der Waals surface area (Å²) in [5.41, 5.74) is 9.09. The molecular weight excluding hydrogens is 880 g/mol. The van der Waals surface area contributed by atoms with E-state index in [2.05, 4.69) is 196 Å². The molecule has 0 saturated carbocycles. The Morgan fingerprint density at radius 2 is 0.571 bits per heavy atom. The molecule has 0 atom stereocenters. The van der Waals surface area contributed by atoms with Gasteiger partial charge in [-0.05, 0) is 78.8 Å². The van der Waals surface area contributed by atoms with Crippen LogP contribution in [0.1, 0.15) is 111 Å². The number of benzene rings is 2. The third-order valence-electron chi connectivity index (χ3n) is 9.93. The van der Waals surface area contributed by atoms with Crippen LogP contribution < -0.4 is 0 Å². The third kappa shape index (κ3) is 14.8. The van der Waals surface area contributed by atoms with Gasteiger partial charge in [-0.25, -0.2) is 0 Å². The number of hydrogen-bond donors (Lipinski definition) is 0. The van der Waals surface area contributed by atoms with Crippen molar-refractivity contribution in [1.82, 2.24) is 0 Å². The zero-order valence-corrected chi connectivity index (χ0v) is 47.2. The molecule has 2 aromatic rings. The van der Waals surface area contributed by atoms with E-state index in [1.807, 2.05) is 0 Å². The molecule has 0 aliphatic heterocycles. The van der Waals surface area contributed by atoms with Crippen LogP contribution in [0.2, 0.25) is 118 Å². The molecule has 282 valence electrons. The van der Waals surface area contributed by atoms with Gasteiger partial charge in [0, 0.05) is 78.6 Å². The van der Waals surface area contributed by atoms with Crippen LogP contribution in [0.4, 0.5) is 0 Å². The summed E-state index contributed by atoms with van der Waals surface area (Å²) in [6, 6.07) is 17.8. The summed E-state index contributed by atoms with van der Waals surface area (Å²) in [4.78, 5) is 0. The van der Waals surface area contributed by atoms with E-state index in [0.717, 1.165) is 15.5 Å². The van der Waals surface area contributed by atoms with Crippen LogP contribution in [-0.2, 0) is 0 Å². The largest absolute Gasteiger partial charge is 0.0693 e. The Hall–Kier alpha value is 0.663. The maximum atomic E-state index is 4.24. The van der Waals surface area contributed by atoms with E-state index in [-0.39, 0.29) is 30.2 Å². The van der Waals surface area contributed by atoms with Crippen LogP contribution >= 0.6 is 0 Å². The molecule has 0 nitrogen and oxygen atoms in total. The van der Waals surface area contributed by atoms with Crippen LogP contribution in [-0.4, -0.2) is 75.7 Å². The van der Waals surface area contributed by atoms with Gasteiger partial charge in [0.05, 0.1) is 0 Å². The molecular formula is C42H86PbSi6. The first kappa shape index (κ1) is 49.7. The zero-order valence-electron chi connectivity index (χ0n) is 37.3. The predicted molar refractivity (Wildman–Crippen MR) is 251 cm³/mol. The van der Waals surface area contributed by atoms with E-state index in [0.29, 0.717) is 17.8 Å². The van der Waals surface area contributed by atoms with Crippen molar-refractivity contribution in [2.24, 2.45) is 0 Å². The van der Waals surface area contributed by atoms with Gasteiger partial charge >= 0.3 is 0 Å². The van der Waals surface area contributed by atoms with Crippen molar-refractivity contribution in [3.05, 3.63) is 69.8 Å². The van der Waals surface area contributed by atoms with Crippen LogP contribution in [0.5, 0.6) is 0 Å². The van der Waals surface area contributed by atoms with Gasteiger partial charge in [0.15, 0.2) is 0 Å². The molecule has 0 aliphatic rings. The molecule has 0 bridgehead atoms. The molecule has 0 aliphatic carbocycles. The zero-order chi connectivity index (χ0) is 38.2. The fourth-order valence-electron chi connectivity index (χ4n) is 9.48. The van der Waals surface area contributed by atoms with Gasteiger partial charge in [-0.15, -0.1) is 0 Å². The Morgan fingerprint density at radius 1 is 0.347 bits per heavy atom. The second-order valence-electron chi connectivity index (χ2n) is 22.6. The van der Waals surface area contributed by atoms with Gasteiger partial charge in [-0.3, -0.25) is 0 Å². The molecule has 0 aromatic heterocycles. The van der Waals surface area contributed by atoms with Crippen molar-refractivity contribution in [2.75, 3.05) is 0 Å². The van der Waals surface area contributed by atoms with Crippen molar-refractivity contribution in [3.8, 4) is 0 Å². The molecule has 2 rings (SSSR count). The van der Waals surface area contributed by atoms with Gasteiger partial charge in [0.1, 0.15) is 0 Å². The second-order valence-corrected chi connectivity index (χ2v) is 56.2. The second kappa shape index (κ2) is 17.9. The molecule has 0 saturated heterocycles. The molecule has 0 N–H and O–H groups in total. The average molecular weight is 967 g/mol. The van der Waals surface area contributed by atoms with Crippen LogP contribution in [0.3, 0.4) is 0 Å². The molecule has 0 heterocycles. The molecule has 49 heavy (non-hydrogen) atoms. The fraction of sp³-hybridized carbons (Fsp3) is 0.714. The van der Waals surface area contributed by atoms with E-state index in [1.54, 1.807) is 16.7 Å². The average Bonchev–Trinajstić information content (AvgIpc) is 2.78. The topological polar surface area (TPSA) is 0 Å². The Balaban J connectivity index is -0.00000108. The van der Waals surface area contributed by atoms with Gasteiger partial charge in [0.2, 0.25) is 0 Å². The Labute approximate surface area is 338 Å².